The maximum absolute atomic E-state index is 12.3. The Morgan fingerprint density at radius 1 is 0.578 bits per heavy atom. The Morgan fingerprint density at radius 3 is 1.33 bits per heavy atom. The van der Waals surface area contributed by atoms with E-state index in [2.05, 4.69) is 21.1 Å². The van der Waals surface area contributed by atoms with Gasteiger partial charge in [-0.3, -0.25) is 9.59 Å². The van der Waals surface area contributed by atoms with E-state index >= 15 is 0 Å². The van der Waals surface area contributed by atoms with Crippen molar-refractivity contribution in [3.05, 3.63) is 129 Å². The van der Waals surface area contributed by atoms with Crippen molar-refractivity contribution in [2.75, 3.05) is 0 Å². The smallest absolute Gasteiger partial charge is 0.345 e. The van der Waals surface area contributed by atoms with Crippen LogP contribution in [0.4, 0.5) is 0 Å². The van der Waals surface area contributed by atoms with E-state index in [1.807, 2.05) is 0 Å². The number of amides is 2. The third kappa shape index (κ3) is 10.4. The molecular formula is C33H26Cl2N4O6. The largest absolute Gasteiger partial charge is 0.423 e. The topological polar surface area (TPSA) is 136 Å². The molecule has 0 aliphatic heterocycles. The third-order valence-electron chi connectivity index (χ3n) is 5.98. The van der Waals surface area contributed by atoms with Gasteiger partial charge in [-0.1, -0.05) is 47.5 Å². The van der Waals surface area contributed by atoms with E-state index in [-0.39, 0.29) is 35.8 Å². The lowest BCUT2D eigenvalue weighted by atomic mass is 10.2. The number of rotatable bonds is 12. The van der Waals surface area contributed by atoms with Gasteiger partial charge in [-0.15, -0.1) is 0 Å². The predicted molar refractivity (Wildman–Crippen MR) is 171 cm³/mol. The van der Waals surface area contributed by atoms with E-state index < -0.39 is 11.9 Å². The van der Waals surface area contributed by atoms with Gasteiger partial charge >= 0.3 is 11.9 Å². The summed E-state index contributed by atoms with van der Waals surface area (Å²) in [6.07, 6.45) is 3.34. The van der Waals surface area contributed by atoms with Gasteiger partial charge < -0.3 is 9.47 Å². The summed E-state index contributed by atoms with van der Waals surface area (Å²) < 4.78 is 10.6. The molecule has 0 aromatic heterocycles. The van der Waals surface area contributed by atoms with E-state index in [9.17, 15) is 19.2 Å². The summed E-state index contributed by atoms with van der Waals surface area (Å²) in [6.45, 7) is 0. The van der Waals surface area contributed by atoms with Gasteiger partial charge in [-0.2, -0.15) is 10.2 Å². The predicted octanol–water partition coefficient (Wildman–Crippen LogP) is 6.20. The number of esters is 2. The first kappa shape index (κ1) is 32.6. The van der Waals surface area contributed by atoms with Gasteiger partial charge in [-0.05, 0) is 90.3 Å². The molecule has 0 unspecified atom stereocenters. The molecule has 0 aliphatic carbocycles. The van der Waals surface area contributed by atoms with Crippen LogP contribution in [0.1, 0.15) is 51.1 Å². The number of nitrogens with one attached hydrogen (secondary N) is 2. The first-order valence-corrected chi connectivity index (χ1v) is 14.3. The molecule has 0 spiro atoms. The van der Waals surface area contributed by atoms with Gasteiger partial charge in [0.15, 0.2) is 0 Å². The van der Waals surface area contributed by atoms with Gasteiger partial charge in [0.1, 0.15) is 11.5 Å². The van der Waals surface area contributed by atoms with E-state index in [1.54, 1.807) is 97.1 Å². The van der Waals surface area contributed by atoms with Crippen LogP contribution in [-0.4, -0.2) is 36.2 Å². The lowest BCUT2D eigenvalue weighted by molar-refractivity contribution is -0.122. The number of benzene rings is 4. The van der Waals surface area contributed by atoms with Gasteiger partial charge in [0.05, 0.1) is 33.6 Å². The summed E-state index contributed by atoms with van der Waals surface area (Å²) in [5.74, 6) is -1.20. The SMILES string of the molecule is O=C(CCCC(=O)NN=Cc1ccc(OC(=O)c2ccccc2Cl)cc1)NN=Cc1ccc(OC(=O)c2ccccc2Cl)cc1. The van der Waals surface area contributed by atoms with Crippen molar-refractivity contribution >= 4 is 59.4 Å². The molecule has 0 radical (unpaired) electrons. The molecule has 4 aromatic rings. The molecule has 0 aliphatic rings. The molecule has 0 saturated heterocycles. The Hall–Kier alpha value is -5.32. The molecule has 2 N–H and O–H groups in total. The highest BCUT2D eigenvalue weighted by Crippen LogP contribution is 2.20. The monoisotopic (exact) mass is 644 g/mol. The molecule has 4 rings (SSSR count). The minimum Gasteiger partial charge on any atom is -0.423 e. The van der Waals surface area contributed by atoms with Crippen LogP contribution >= 0.6 is 23.2 Å². The second kappa shape index (κ2) is 16.5. The zero-order valence-electron chi connectivity index (χ0n) is 23.6. The molecule has 45 heavy (non-hydrogen) atoms. The minimum absolute atomic E-state index is 0.0831. The zero-order valence-corrected chi connectivity index (χ0v) is 25.1. The molecular weight excluding hydrogens is 619 g/mol. The minimum atomic E-state index is -0.573. The Bertz CT molecular complexity index is 1600. The number of halogens is 2. The lowest BCUT2D eigenvalue weighted by Gasteiger charge is -2.06. The van der Waals surface area contributed by atoms with Crippen molar-refractivity contribution in [2.45, 2.75) is 19.3 Å². The van der Waals surface area contributed by atoms with Gasteiger partial charge in [0.25, 0.3) is 0 Å². The number of nitrogens with zero attached hydrogens (tertiary/aromatic N) is 2. The molecule has 0 fully saturated rings. The van der Waals surface area contributed by atoms with E-state index in [0.29, 0.717) is 39.1 Å². The van der Waals surface area contributed by atoms with E-state index in [1.165, 1.54) is 12.4 Å². The Morgan fingerprint density at radius 2 is 0.956 bits per heavy atom. The van der Waals surface area contributed by atoms with Crippen molar-refractivity contribution < 1.29 is 28.7 Å². The fourth-order valence-electron chi connectivity index (χ4n) is 3.70. The van der Waals surface area contributed by atoms with Crippen molar-refractivity contribution in [2.24, 2.45) is 10.2 Å². The molecule has 0 bridgehead atoms. The molecule has 4 aromatic carbocycles. The summed E-state index contributed by atoms with van der Waals surface area (Å²) in [6, 6.07) is 26.2. The molecule has 2 amide bonds. The van der Waals surface area contributed by atoms with Crippen molar-refractivity contribution in [1.29, 1.82) is 0 Å². The highest BCUT2D eigenvalue weighted by Gasteiger charge is 2.13. The number of carbonyl (C=O) groups is 4. The van der Waals surface area contributed by atoms with Gasteiger partial charge in [0.2, 0.25) is 11.8 Å². The highest BCUT2D eigenvalue weighted by molar-refractivity contribution is 6.34. The molecule has 0 heterocycles. The summed E-state index contributed by atoms with van der Waals surface area (Å²) in [4.78, 5) is 48.6. The van der Waals surface area contributed by atoms with Crippen LogP contribution in [-0.2, 0) is 9.59 Å². The molecule has 12 heteroatoms. The normalized spacial score (nSPS) is 10.9. The first-order chi connectivity index (χ1) is 21.8. The molecule has 0 atom stereocenters. The summed E-state index contributed by atoms with van der Waals surface area (Å²) in [5.41, 5.74) is 6.66. The number of hydrazone groups is 2. The Kier molecular flexibility index (Phi) is 12.0. The second-order valence-corrected chi connectivity index (χ2v) is 10.1. The number of ether oxygens (including phenoxy) is 2. The average Bonchev–Trinajstić information content (AvgIpc) is 3.03. The Labute approximate surface area is 268 Å². The average molecular weight is 645 g/mol. The maximum Gasteiger partial charge on any atom is 0.345 e. The maximum atomic E-state index is 12.3. The van der Waals surface area contributed by atoms with Crippen LogP contribution < -0.4 is 20.3 Å². The summed E-state index contributed by atoms with van der Waals surface area (Å²) >= 11 is 12.0. The molecule has 10 nitrogen and oxygen atoms in total. The number of hydrogen-bond acceptors (Lipinski definition) is 8. The van der Waals surface area contributed by atoms with Crippen LogP contribution in [0.15, 0.2) is 107 Å². The van der Waals surface area contributed by atoms with Crippen LogP contribution in [0.3, 0.4) is 0 Å². The zero-order chi connectivity index (χ0) is 32.0. The van der Waals surface area contributed by atoms with E-state index in [4.69, 9.17) is 32.7 Å². The van der Waals surface area contributed by atoms with Gasteiger partial charge in [-0.25, -0.2) is 20.4 Å². The quantitative estimate of drug-likeness (QED) is 0.0815. The third-order valence-corrected chi connectivity index (χ3v) is 6.64. The van der Waals surface area contributed by atoms with Gasteiger partial charge in [0, 0.05) is 12.8 Å². The van der Waals surface area contributed by atoms with Crippen molar-refractivity contribution in [3.63, 3.8) is 0 Å². The summed E-state index contributed by atoms with van der Waals surface area (Å²) in [5, 5.41) is 8.41. The standard InChI is InChI=1S/C33H26Cl2N4O6/c34-28-8-3-1-6-26(28)32(42)44-24-16-12-22(13-17-24)20-36-38-30(40)10-5-11-31(41)39-37-21-23-14-18-25(19-15-23)45-33(43)27-7-2-4-9-29(27)35/h1-4,6-9,12-21H,5,10-11H2,(H,38,40)(H,39,41). The highest BCUT2D eigenvalue weighted by atomic mass is 35.5. The van der Waals surface area contributed by atoms with Crippen LogP contribution in [0, 0.1) is 0 Å². The van der Waals surface area contributed by atoms with E-state index in [0.717, 1.165) is 0 Å². The fraction of sp³-hybridized carbons (Fsp3) is 0.0909. The number of hydrogen-bond donors (Lipinski definition) is 2. The lowest BCUT2D eigenvalue weighted by Crippen LogP contribution is -2.20. The fourth-order valence-corrected chi connectivity index (χ4v) is 4.13. The molecule has 228 valence electrons. The van der Waals surface area contributed by atoms with Crippen molar-refractivity contribution in [3.8, 4) is 11.5 Å². The Balaban J connectivity index is 1.11. The first-order valence-electron chi connectivity index (χ1n) is 13.6. The summed E-state index contributed by atoms with van der Waals surface area (Å²) in [7, 11) is 0. The second-order valence-electron chi connectivity index (χ2n) is 9.32. The molecule has 0 saturated carbocycles. The van der Waals surface area contributed by atoms with Crippen LogP contribution in [0.5, 0.6) is 11.5 Å². The van der Waals surface area contributed by atoms with Crippen LogP contribution in [0.2, 0.25) is 10.0 Å². The van der Waals surface area contributed by atoms with Crippen LogP contribution in [0.25, 0.3) is 0 Å². The number of carbonyl (C=O) groups excluding carboxylic acids is 4. The van der Waals surface area contributed by atoms with Crippen molar-refractivity contribution in [1.82, 2.24) is 10.9 Å².